The number of benzene rings is 2. The van der Waals surface area contributed by atoms with Crippen LogP contribution in [-0.2, 0) is 11.3 Å². The fourth-order valence-electron chi connectivity index (χ4n) is 4.11. The van der Waals surface area contributed by atoms with E-state index in [9.17, 15) is 5.11 Å². The van der Waals surface area contributed by atoms with Gasteiger partial charge in [-0.1, -0.05) is 44.2 Å². The minimum Gasteiger partial charge on any atom is -0.439 e. The van der Waals surface area contributed by atoms with Gasteiger partial charge in [0.2, 0.25) is 5.88 Å². The minimum atomic E-state index is -0.523. The van der Waals surface area contributed by atoms with Crippen LogP contribution in [-0.4, -0.2) is 51.7 Å². The Morgan fingerprint density at radius 1 is 1.06 bits per heavy atom. The molecule has 0 radical (unpaired) electrons. The quantitative estimate of drug-likeness (QED) is 0.396. The lowest BCUT2D eigenvalue weighted by atomic mass is 10.2. The molecule has 1 aliphatic carbocycles. The Bertz CT molecular complexity index is 1060. The Kier molecular flexibility index (Phi) is 8.03. The Morgan fingerprint density at radius 2 is 1.82 bits per heavy atom. The zero-order valence-corrected chi connectivity index (χ0v) is 20.8. The average molecular weight is 464 g/mol. The van der Waals surface area contributed by atoms with Crippen molar-refractivity contribution in [3.8, 4) is 17.3 Å². The van der Waals surface area contributed by atoms with Gasteiger partial charge in [-0.2, -0.15) is 5.10 Å². The number of aromatic nitrogens is 2. The maximum atomic E-state index is 10.7. The van der Waals surface area contributed by atoms with E-state index in [1.54, 1.807) is 0 Å². The highest BCUT2D eigenvalue weighted by Crippen LogP contribution is 2.35. The molecule has 1 aliphatic rings. The van der Waals surface area contributed by atoms with Gasteiger partial charge in [-0.3, -0.25) is 4.90 Å². The molecule has 2 aromatic carbocycles. The molecule has 6 nitrogen and oxygen atoms in total. The predicted octanol–water partition coefficient (Wildman–Crippen LogP) is 5.28. The van der Waals surface area contributed by atoms with E-state index in [2.05, 4.69) is 31.7 Å². The standard InChI is InChI=1S/C28H37N3O3/c1-20(2)18-33-19-25(32)16-30(23-13-14-23)17-27-22(4)29-31(24-10-6-5-7-11-24)28(27)34-26-12-8-9-21(3)15-26/h5-12,15,20,23,25,32H,13-14,16-19H2,1-4H3/t25-/m1/s1. The first-order valence-corrected chi connectivity index (χ1v) is 12.3. The molecule has 0 spiro atoms. The summed E-state index contributed by atoms with van der Waals surface area (Å²) in [6.45, 7) is 10.6. The van der Waals surface area contributed by atoms with Crippen molar-refractivity contribution < 1.29 is 14.6 Å². The number of hydrogen-bond donors (Lipinski definition) is 1. The van der Waals surface area contributed by atoms with E-state index in [-0.39, 0.29) is 0 Å². The third-order valence-corrected chi connectivity index (χ3v) is 5.97. The van der Waals surface area contributed by atoms with E-state index < -0.39 is 6.10 Å². The second-order valence-electron chi connectivity index (χ2n) is 9.78. The summed E-state index contributed by atoms with van der Waals surface area (Å²) in [4.78, 5) is 2.35. The SMILES string of the molecule is Cc1cccc(Oc2c(CN(C[C@@H](O)COCC(C)C)C3CC3)c(C)nn2-c2ccccc2)c1. The van der Waals surface area contributed by atoms with Crippen LogP contribution in [0.4, 0.5) is 0 Å². The summed E-state index contributed by atoms with van der Waals surface area (Å²) in [6.07, 6.45) is 1.78. The predicted molar refractivity (Wildman–Crippen MR) is 135 cm³/mol. The lowest BCUT2D eigenvalue weighted by molar-refractivity contribution is 0.00536. The molecule has 3 aromatic rings. The molecular formula is C28H37N3O3. The molecular weight excluding hydrogens is 426 g/mol. The molecule has 4 rings (SSSR count). The van der Waals surface area contributed by atoms with Gasteiger partial charge in [0.15, 0.2) is 0 Å². The van der Waals surface area contributed by atoms with Crippen LogP contribution in [0, 0.1) is 19.8 Å². The van der Waals surface area contributed by atoms with E-state index in [1.165, 1.54) is 0 Å². The molecule has 1 heterocycles. The van der Waals surface area contributed by atoms with Crippen LogP contribution in [0.25, 0.3) is 5.69 Å². The number of aliphatic hydroxyl groups is 1. The molecule has 1 aromatic heterocycles. The van der Waals surface area contributed by atoms with E-state index in [0.29, 0.717) is 38.3 Å². The van der Waals surface area contributed by atoms with Crippen LogP contribution in [0.1, 0.15) is 43.5 Å². The summed E-state index contributed by atoms with van der Waals surface area (Å²) in [5, 5.41) is 15.5. The summed E-state index contributed by atoms with van der Waals surface area (Å²) >= 11 is 0. The Morgan fingerprint density at radius 3 is 2.50 bits per heavy atom. The number of hydrogen-bond acceptors (Lipinski definition) is 5. The van der Waals surface area contributed by atoms with Gasteiger partial charge < -0.3 is 14.6 Å². The van der Waals surface area contributed by atoms with Crippen LogP contribution in [0.5, 0.6) is 11.6 Å². The van der Waals surface area contributed by atoms with Crippen molar-refractivity contribution in [2.75, 3.05) is 19.8 Å². The smallest absolute Gasteiger partial charge is 0.227 e. The number of aryl methyl sites for hydroxylation is 2. The van der Waals surface area contributed by atoms with Crippen molar-refractivity contribution >= 4 is 0 Å². The first kappa shape index (κ1) is 24.5. The molecule has 34 heavy (non-hydrogen) atoms. The monoisotopic (exact) mass is 463 g/mol. The van der Waals surface area contributed by atoms with Crippen molar-refractivity contribution in [2.45, 2.75) is 59.2 Å². The Labute approximate surface area is 203 Å². The summed E-state index contributed by atoms with van der Waals surface area (Å²) in [5.41, 5.74) is 4.08. The molecule has 0 unspecified atom stereocenters. The first-order chi connectivity index (χ1) is 16.4. The fraction of sp³-hybridized carbons (Fsp3) is 0.464. The fourth-order valence-corrected chi connectivity index (χ4v) is 4.11. The normalized spacial score (nSPS) is 14.7. The molecule has 1 saturated carbocycles. The summed E-state index contributed by atoms with van der Waals surface area (Å²) < 4.78 is 14.1. The molecule has 1 N–H and O–H groups in total. The van der Waals surface area contributed by atoms with E-state index in [1.807, 2.05) is 60.1 Å². The van der Waals surface area contributed by atoms with Crippen LogP contribution in [0.3, 0.4) is 0 Å². The van der Waals surface area contributed by atoms with Crippen molar-refractivity contribution in [3.63, 3.8) is 0 Å². The van der Waals surface area contributed by atoms with Gasteiger partial charge in [0.05, 0.1) is 29.7 Å². The number of para-hydroxylation sites is 1. The highest BCUT2D eigenvalue weighted by Gasteiger charge is 2.32. The topological polar surface area (TPSA) is 59.8 Å². The number of nitrogens with zero attached hydrogens (tertiary/aromatic N) is 3. The molecule has 0 saturated heterocycles. The van der Waals surface area contributed by atoms with Gasteiger partial charge in [0.25, 0.3) is 0 Å². The van der Waals surface area contributed by atoms with Crippen molar-refractivity contribution in [2.24, 2.45) is 5.92 Å². The minimum absolute atomic E-state index is 0.357. The molecule has 1 fully saturated rings. The largest absolute Gasteiger partial charge is 0.439 e. The molecule has 0 aliphatic heterocycles. The third kappa shape index (κ3) is 6.47. The zero-order valence-electron chi connectivity index (χ0n) is 20.8. The van der Waals surface area contributed by atoms with Crippen LogP contribution >= 0.6 is 0 Å². The van der Waals surface area contributed by atoms with Crippen molar-refractivity contribution in [3.05, 3.63) is 71.4 Å². The lowest BCUT2D eigenvalue weighted by Crippen LogP contribution is -2.36. The van der Waals surface area contributed by atoms with Gasteiger partial charge >= 0.3 is 0 Å². The summed E-state index contributed by atoms with van der Waals surface area (Å²) in [6, 6.07) is 18.6. The molecule has 0 amide bonds. The van der Waals surface area contributed by atoms with Crippen molar-refractivity contribution in [1.82, 2.24) is 14.7 Å². The maximum absolute atomic E-state index is 10.7. The highest BCUT2D eigenvalue weighted by molar-refractivity contribution is 5.43. The van der Waals surface area contributed by atoms with Gasteiger partial charge in [-0.15, -0.1) is 0 Å². The van der Waals surface area contributed by atoms with Crippen LogP contribution in [0.2, 0.25) is 0 Å². The summed E-state index contributed by atoms with van der Waals surface area (Å²) in [5.74, 6) is 1.98. The van der Waals surface area contributed by atoms with E-state index in [0.717, 1.165) is 47.0 Å². The molecule has 1 atom stereocenters. The van der Waals surface area contributed by atoms with E-state index >= 15 is 0 Å². The first-order valence-electron chi connectivity index (χ1n) is 12.3. The van der Waals surface area contributed by atoms with Crippen molar-refractivity contribution in [1.29, 1.82) is 0 Å². The number of aliphatic hydroxyl groups excluding tert-OH is 1. The zero-order chi connectivity index (χ0) is 24.1. The number of ether oxygens (including phenoxy) is 2. The number of rotatable bonds is 12. The lowest BCUT2D eigenvalue weighted by Gasteiger charge is -2.25. The average Bonchev–Trinajstić information content (AvgIpc) is 3.60. The van der Waals surface area contributed by atoms with Gasteiger partial charge in [0, 0.05) is 25.7 Å². The molecule has 0 bridgehead atoms. The van der Waals surface area contributed by atoms with Crippen LogP contribution < -0.4 is 4.74 Å². The van der Waals surface area contributed by atoms with E-state index in [4.69, 9.17) is 14.6 Å². The molecule has 182 valence electrons. The summed E-state index contributed by atoms with van der Waals surface area (Å²) in [7, 11) is 0. The van der Waals surface area contributed by atoms with Gasteiger partial charge in [-0.25, -0.2) is 4.68 Å². The van der Waals surface area contributed by atoms with Gasteiger partial charge in [-0.05, 0) is 62.4 Å². The Hall–Kier alpha value is -2.67. The maximum Gasteiger partial charge on any atom is 0.227 e. The second kappa shape index (κ2) is 11.2. The van der Waals surface area contributed by atoms with Gasteiger partial charge in [0.1, 0.15) is 5.75 Å². The Balaban J connectivity index is 1.60. The molecule has 6 heteroatoms. The van der Waals surface area contributed by atoms with Crippen LogP contribution in [0.15, 0.2) is 54.6 Å². The third-order valence-electron chi connectivity index (χ3n) is 5.97. The second-order valence-corrected chi connectivity index (χ2v) is 9.78. The highest BCUT2D eigenvalue weighted by atomic mass is 16.5.